The number of methoxy groups -OCH3 is 1. The van der Waals surface area contributed by atoms with Crippen LogP contribution in [0.2, 0.25) is 0 Å². The van der Waals surface area contributed by atoms with Crippen molar-refractivity contribution in [2.45, 2.75) is 25.7 Å². The van der Waals surface area contributed by atoms with Gasteiger partial charge in [0.05, 0.1) is 25.4 Å². The largest absolute Gasteiger partial charge is 0.493 e. The van der Waals surface area contributed by atoms with Gasteiger partial charge in [-0.25, -0.2) is 19.0 Å². The summed E-state index contributed by atoms with van der Waals surface area (Å²) in [4.78, 5) is 19.1. The lowest BCUT2D eigenvalue weighted by Gasteiger charge is -2.26. The van der Waals surface area contributed by atoms with Crippen molar-refractivity contribution >= 4 is 28.8 Å². The van der Waals surface area contributed by atoms with Gasteiger partial charge in [-0.1, -0.05) is 18.6 Å². The quantitative estimate of drug-likeness (QED) is 0.115. The number of hydrazone groups is 1. The summed E-state index contributed by atoms with van der Waals surface area (Å²) in [6.07, 6.45) is 7.67. The SMILES string of the molecule is COc1cc2c(Oc3ccc(NC(=O)N/N=C/c4ccc(F)cc4)cc3F)ccnc2cc1OCCCN1CCCCC1. The number of benzene rings is 3. The van der Waals surface area contributed by atoms with E-state index in [4.69, 9.17) is 14.2 Å². The molecule has 0 unspecified atom stereocenters. The van der Waals surface area contributed by atoms with Crippen LogP contribution in [-0.4, -0.2) is 55.5 Å². The number of hydrogen-bond acceptors (Lipinski definition) is 7. The minimum absolute atomic E-state index is 0.0372. The van der Waals surface area contributed by atoms with E-state index in [1.807, 2.05) is 0 Å². The Labute approximate surface area is 248 Å². The van der Waals surface area contributed by atoms with E-state index in [0.29, 0.717) is 40.3 Å². The fourth-order valence-electron chi connectivity index (χ4n) is 4.80. The van der Waals surface area contributed by atoms with Gasteiger partial charge in [-0.2, -0.15) is 5.10 Å². The molecule has 0 radical (unpaired) electrons. The molecule has 224 valence electrons. The Kier molecular flexibility index (Phi) is 9.96. The zero-order valence-corrected chi connectivity index (χ0v) is 23.8. The average molecular weight is 590 g/mol. The van der Waals surface area contributed by atoms with E-state index in [1.54, 1.807) is 31.5 Å². The zero-order valence-electron chi connectivity index (χ0n) is 23.8. The smallest absolute Gasteiger partial charge is 0.339 e. The number of aromatic nitrogens is 1. The van der Waals surface area contributed by atoms with Crippen molar-refractivity contribution in [1.29, 1.82) is 0 Å². The molecule has 0 saturated carbocycles. The van der Waals surface area contributed by atoms with Crippen molar-refractivity contribution in [1.82, 2.24) is 15.3 Å². The number of likely N-dealkylation sites (tertiary alicyclic amines) is 1. The van der Waals surface area contributed by atoms with Gasteiger partial charge < -0.3 is 24.4 Å². The molecule has 9 nitrogen and oxygen atoms in total. The second-order valence-electron chi connectivity index (χ2n) is 10.1. The average Bonchev–Trinajstić information content (AvgIpc) is 3.02. The number of piperidine rings is 1. The number of nitrogens with one attached hydrogen (secondary N) is 2. The third-order valence-corrected chi connectivity index (χ3v) is 6.97. The minimum Gasteiger partial charge on any atom is -0.493 e. The van der Waals surface area contributed by atoms with Crippen LogP contribution in [0.1, 0.15) is 31.2 Å². The number of amides is 2. The first kappa shape index (κ1) is 29.7. The van der Waals surface area contributed by atoms with E-state index < -0.39 is 11.8 Å². The highest BCUT2D eigenvalue weighted by atomic mass is 19.1. The first-order valence-electron chi connectivity index (χ1n) is 14.1. The number of carbonyl (C=O) groups is 1. The van der Waals surface area contributed by atoms with Gasteiger partial charge in [-0.15, -0.1) is 0 Å². The summed E-state index contributed by atoms with van der Waals surface area (Å²) in [5, 5.41) is 6.92. The molecule has 4 aromatic rings. The lowest BCUT2D eigenvalue weighted by atomic mass is 10.1. The number of pyridine rings is 1. The molecule has 1 aromatic heterocycles. The number of anilines is 1. The predicted octanol–water partition coefficient (Wildman–Crippen LogP) is 6.72. The van der Waals surface area contributed by atoms with Crippen molar-refractivity contribution < 1.29 is 27.8 Å². The third-order valence-electron chi connectivity index (χ3n) is 6.97. The molecule has 43 heavy (non-hydrogen) atoms. The second-order valence-corrected chi connectivity index (χ2v) is 10.1. The molecule has 2 N–H and O–H groups in total. The standard InChI is InChI=1S/C32H33F2N5O4/c1-41-30-19-25-27(20-31(30)42-17-5-16-39-14-3-2-4-15-39)35-13-12-28(25)43-29-11-10-24(18-26(29)34)37-32(40)38-36-21-22-6-8-23(33)9-7-22/h6-13,18-21H,2-5,14-17H2,1H3,(H2,37,38,40)/b36-21+. The molecule has 1 aliphatic heterocycles. The van der Waals surface area contributed by atoms with Gasteiger partial charge in [0.1, 0.15) is 11.6 Å². The minimum atomic E-state index is -0.682. The van der Waals surface area contributed by atoms with Crippen molar-refractivity contribution in [2.75, 3.05) is 38.7 Å². The van der Waals surface area contributed by atoms with Gasteiger partial charge in [0.15, 0.2) is 23.1 Å². The molecule has 5 rings (SSSR count). The molecule has 0 aliphatic carbocycles. The van der Waals surface area contributed by atoms with Gasteiger partial charge >= 0.3 is 6.03 Å². The molecular weight excluding hydrogens is 556 g/mol. The summed E-state index contributed by atoms with van der Waals surface area (Å²) in [6.45, 7) is 3.85. The predicted molar refractivity (Wildman–Crippen MR) is 161 cm³/mol. The van der Waals surface area contributed by atoms with E-state index in [-0.39, 0.29) is 17.3 Å². The van der Waals surface area contributed by atoms with E-state index >= 15 is 0 Å². The summed E-state index contributed by atoms with van der Waals surface area (Å²) >= 11 is 0. The van der Waals surface area contributed by atoms with E-state index in [9.17, 15) is 13.6 Å². The number of urea groups is 1. The number of carbonyl (C=O) groups excluding carboxylic acids is 1. The molecule has 3 aromatic carbocycles. The van der Waals surface area contributed by atoms with Crippen LogP contribution in [0.4, 0.5) is 19.3 Å². The topological polar surface area (TPSA) is 97.3 Å². The van der Waals surface area contributed by atoms with Crippen LogP contribution in [0.5, 0.6) is 23.0 Å². The fraction of sp³-hybridized carbons (Fsp3) is 0.281. The Bertz CT molecular complexity index is 1580. The molecule has 1 saturated heterocycles. The lowest BCUT2D eigenvalue weighted by molar-refractivity contribution is 0.203. The number of halogens is 2. The molecule has 2 amide bonds. The van der Waals surface area contributed by atoms with Crippen LogP contribution < -0.4 is 25.0 Å². The Balaban J connectivity index is 1.20. The Morgan fingerprint density at radius 1 is 0.977 bits per heavy atom. The maximum Gasteiger partial charge on any atom is 0.339 e. The van der Waals surface area contributed by atoms with Gasteiger partial charge in [0.2, 0.25) is 0 Å². The van der Waals surface area contributed by atoms with Gasteiger partial charge in [-0.3, -0.25) is 4.98 Å². The van der Waals surface area contributed by atoms with E-state index in [2.05, 4.69) is 25.7 Å². The third kappa shape index (κ3) is 8.16. The van der Waals surface area contributed by atoms with Crippen LogP contribution in [0, 0.1) is 11.6 Å². The Morgan fingerprint density at radius 2 is 1.79 bits per heavy atom. The molecule has 0 atom stereocenters. The number of rotatable bonds is 11. The second kappa shape index (κ2) is 14.4. The highest BCUT2D eigenvalue weighted by Gasteiger charge is 2.15. The number of hydrogen-bond donors (Lipinski definition) is 2. The highest BCUT2D eigenvalue weighted by Crippen LogP contribution is 2.38. The Morgan fingerprint density at radius 3 is 2.56 bits per heavy atom. The van der Waals surface area contributed by atoms with Crippen molar-refractivity contribution in [3.63, 3.8) is 0 Å². The van der Waals surface area contributed by atoms with Crippen molar-refractivity contribution in [3.8, 4) is 23.0 Å². The first-order chi connectivity index (χ1) is 21.0. The molecule has 0 spiro atoms. The molecule has 1 aliphatic rings. The lowest BCUT2D eigenvalue weighted by Crippen LogP contribution is -2.31. The summed E-state index contributed by atoms with van der Waals surface area (Å²) in [5.74, 6) is 0.397. The fourth-order valence-corrected chi connectivity index (χ4v) is 4.80. The highest BCUT2D eigenvalue weighted by molar-refractivity contribution is 5.91. The normalized spacial score (nSPS) is 13.7. The number of ether oxygens (including phenoxy) is 3. The zero-order chi connectivity index (χ0) is 30.0. The van der Waals surface area contributed by atoms with Crippen LogP contribution in [0.15, 0.2) is 72.0 Å². The van der Waals surface area contributed by atoms with E-state index in [1.165, 1.54) is 61.9 Å². The van der Waals surface area contributed by atoms with Crippen LogP contribution in [0.25, 0.3) is 10.9 Å². The number of fused-ring (bicyclic) bond motifs is 1. The van der Waals surface area contributed by atoms with Crippen LogP contribution >= 0.6 is 0 Å². The van der Waals surface area contributed by atoms with Crippen LogP contribution in [-0.2, 0) is 0 Å². The summed E-state index contributed by atoms with van der Waals surface area (Å²) in [6, 6.07) is 14.2. The van der Waals surface area contributed by atoms with E-state index in [0.717, 1.165) is 32.1 Å². The molecule has 1 fully saturated rings. The molecule has 2 heterocycles. The summed E-state index contributed by atoms with van der Waals surface area (Å²) in [5.41, 5.74) is 3.68. The maximum absolute atomic E-state index is 15.0. The van der Waals surface area contributed by atoms with Crippen molar-refractivity contribution in [2.24, 2.45) is 5.10 Å². The van der Waals surface area contributed by atoms with Gasteiger partial charge in [-0.05, 0) is 74.3 Å². The monoisotopic (exact) mass is 589 g/mol. The molecular formula is C32H33F2N5O4. The first-order valence-corrected chi connectivity index (χ1v) is 14.1. The van der Waals surface area contributed by atoms with Gasteiger partial charge in [0, 0.05) is 35.9 Å². The van der Waals surface area contributed by atoms with Gasteiger partial charge in [0.25, 0.3) is 0 Å². The summed E-state index contributed by atoms with van der Waals surface area (Å²) in [7, 11) is 1.56. The maximum atomic E-state index is 15.0. The van der Waals surface area contributed by atoms with Crippen molar-refractivity contribution in [3.05, 3.63) is 84.1 Å². The Hall–Kier alpha value is -4.77. The number of nitrogens with zero attached hydrogens (tertiary/aromatic N) is 3. The summed E-state index contributed by atoms with van der Waals surface area (Å²) < 4.78 is 45.5. The molecule has 0 bridgehead atoms. The molecule has 11 heteroatoms. The van der Waals surface area contributed by atoms with Crippen LogP contribution in [0.3, 0.4) is 0 Å².